The van der Waals surface area contributed by atoms with Crippen molar-refractivity contribution in [2.75, 3.05) is 24.7 Å². The first-order valence-corrected chi connectivity index (χ1v) is 11.3. The molecule has 0 saturated carbocycles. The molecule has 0 aromatic heterocycles. The molecule has 0 aliphatic rings. The van der Waals surface area contributed by atoms with E-state index in [0.717, 1.165) is 11.8 Å². The number of urea groups is 1. The zero-order valence-corrected chi connectivity index (χ0v) is 18.0. The SMILES string of the molecule is CCOc1ccccc1NC(=O)N(Cc1ccc(OS(C)(=O)=O)cc1)CC(C)C. The van der Waals surface area contributed by atoms with E-state index in [9.17, 15) is 13.2 Å². The molecule has 2 amide bonds. The molecule has 0 radical (unpaired) electrons. The number of anilines is 1. The van der Waals surface area contributed by atoms with Gasteiger partial charge < -0.3 is 19.1 Å². The number of amides is 2. The Morgan fingerprint density at radius 2 is 1.76 bits per heavy atom. The van der Waals surface area contributed by atoms with Gasteiger partial charge in [-0.1, -0.05) is 38.1 Å². The van der Waals surface area contributed by atoms with Gasteiger partial charge in [0.25, 0.3) is 0 Å². The van der Waals surface area contributed by atoms with Gasteiger partial charge in [0.15, 0.2) is 0 Å². The lowest BCUT2D eigenvalue weighted by molar-refractivity contribution is 0.201. The number of carbonyl (C=O) groups is 1. The summed E-state index contributed by atoms with van der Waals surface area (Å²) in [5.41, 5.74) is 1.48. The molecule has 2 aromatic rings. The average molecular weight is 421 g/mol. The van der Waals surface area contributed by atoms with Crippen LogP contribution in [-0.4, -0.2) is 38.8 Å². The van der Waals surface area contributed by atoms with Gasteiger partial charge in [-0.3, -0.25) is 0 Å². The van der Waals surface area contributed by atoms with Gasteiger partial charge in [0.1, 0.15) is 11.5 Å². The molecule has 0 unspecified atom stereocenters. The minimum absolute atomic E-state index is 0.234. The van der Waals surface area contributed by atoms with Crippen LogP contribution in [0.15, 0.2) is 48.5 Å². The van der Waals surface area contributed by atoms with Gasteiger partial charge in [-0.25, -0.2) is 4.79 Å². The first kappa shape index (κ1) is 22.5. The van der Waals surface area contributed by atoms with Crippen molar-refractivity contribution in [2.45, 2.75) is 27.3 Å². The minimum atomic E-state index is -3.57. The number of nitrogens with one attached hydrogen (secondary N) is 1. The maximum absolute atomic E-state index is 12.9. The summed E-state index contributed by atoms with van der Waals surface area (Å²) in [7, 11) is -3.57. The molecule has 158 valence electrons. The van der Waals surface area contributed by atoms with E-state index >= 15 is 0 Å². The number of nitrogens with zero attached hydrogens (tertiary/aromatic N) is 1. The fraction of sp³-hybridized carbons (Fsp3) is 0.381. The maximum atomic E-state index is 12.9. The molecule has 0 spiro atoms. The van der Waals surface area contributed by atoms with Gasteiger partial charge in [0.2, 0.25) is 0 Å². The summed E-state index contributed by atoms with van der Waals surface area (Å²) in [5, 5.41) is 2.92. The van der Waals surface area contributed by atoms with Crippen LogP contribution in [0, 0.1) is 5.92 Å². The summed E-state index contributed by atoms with van der Waals surface area (Å²) < 4.78 is 32.9. The van der Waals surface area contributed by atoms with Gasteiger partial charge in [-0.05, 0) is 42.7 Å². The van der Waals surface area contributed by atoms with E-state index in [-0.39, 0.29) is 17.7 Å². The Bertz CT molecular complexity index is 911. The van der Waals surface area contributed by atoms with Crippen LogP contribution in [0.3, 0.4) is 0 Å². The van der Waals surface area contributed by atoms with Crippen LogP contribution in [0.25, 0.3) is 0 Å². The fourth-order valence-corrected chi connectivity index (χ4v) is 3.21. The van der Waals surface area contributed by atoms with Crippen LogP contribution in [0.4, 0.5) is 10.5 Å². The Morgan fingerprint density at radius 3 is 2.34 bits per heavy atom. The molecule has 8 heteroatoms. The van der Waals surface area contributed by atoms with E-state index in [0.29, 0.717) is 31.1 Å². The largest absolute Gasteiger partial charge is 0.492 e. The third kappa shape index (κ3) is 7.65. The summed E-state index contributed by atoms with van der Waals surface area (Å²) in [5.74, 6) is 1.13. The Balaban J connectivity index is 2.13. The molecular formula is C21H28N2O5S. The maximum Gasteiger partial charge on any atom is 0.322 e. The van der Waals surface area contributed by atoms with Crippen molar-refractivity contribution in [3.8, 4) is 11.5 Å². The first-order chi connectivity index (χ1) is 13.7. The van der Waals surface area contributed by atoms with Crippen LogP contribution in [0.1, 0.15) is 26.3 Å². The Morgan fingerprint density at radius 1 is 1.10 bits per heavy atom. The standard InChI is InChI=1S/C21H28N2O5S/c1-5-27-20-9-7-6-8-19(20)22-21(24)23(14-16(2)3)15-17-10-12-18(13-11-17)28-29(4,25)26/h6-13,16H,5,14-15H2,1-4H3,(H,22,24). The molecule has 7 nitrogen and oxygen atoms in total. The molecule has 0 bridgehead atoms. The highest BCUT2D eigenvalue weighted by atomic mass is 32.2. The Kier molecular flexibility index (Phi) is 7.90. The van der Waals surface area contributed by atoms with E-state index < -0.39 is 10.1 Å². The summed E-state index contributed by atoms with van der Waals surface area (Å²) in [6, 6.07) is 13.7. The van der Waals surface area contributed by atoms with E-state index in [4.69, 9.17) is 8.92 Å². The normalized spacial score (nSPS) is 11.2. The van der Waals surface area contributed by atoms with Crippen LogP contribution in [0.5, 0.6) is 11.5 Å². The monoisotopic (exact) mass is 420 g/mol. The lowest BCUT2D eigenvalue weighted by Crippen LogP contribution is -2.37. The highest BCUT2D eigenvalue weighted by Gasteiger charge is 2.17. The highest BCUT2D eigenvalue weighted by molar-refractivity contribution is 7.86. The smallest absolute Gasteiger partial charge is 0.322 e. The molecule has 0 aliphatic carbocycles. The number of hydrogen-bond donors (Lipinski definition) is 1. The number of rotatable bonds is 9. The second kappa shape index (κ2) is 10.2. The molecule has 2 rings (SSSR count). The van der Waals surface area contributed by atoms with Gasteiger partial charge >= 0.3 is 16.1 Å². The molecule has 0 atom stereocenters. The van der Waals surface area contributed by atoms with Gasteiger partial charge in [0.05, 0.1) is 18.6 Å². The van der Waals surface area contributed by atoms with Crippen molar-refractivity contribution in [1.29, 1.82) is 0 Å². The third-order valence-electron chi connectivity index (χ3n) is 3.85. The number of para-hydroxylation sites is 2. The van der Waals surface area contributed by atoms with E-state index in [1.165, 1.54) is 0 Å². The summed E-state index contributed by atoms with van der Waals surface area (Å²) in [6.45, 7) is 7.41. The zero-order chi connectivity index (χ0) is 21.4. The average Bonchev–Trinajstić information content (AvgIpc) is 2.63. The van der Waals surface area contributed by atoms with E-state index in [1.54, 1.807) is 35.2 Å². The Hall–Kier alpha value is -2.74. The van der Waals surface area contributed by atoms with Crippen LogP contribution >= 0.6 is 0 Å². The van der Waals surface area contributed by atoms with Gasteiger partial charge in [-0.15, -0.1) is 0 Å². The quantitative estimate of drug-likeness (QED) is 0.617. The predicted octanol–water partition coefficient (Wildman–Crippen LogP) is 4.11. The molecule has 1 N–H and O–H groups in total. The van der Waals surface area contributed by atoms with E-state index in [2.05, 4.69) is 5.32 Å². The molecule has 0 aliphatic heterocycles. The zero-order valence-electron chi connectivity index (χ0n) is 17.2. The van der Waals surface area contributed by atoms with Crippen molar-refractivity contribution in [3.63, 3.8) is 0 Å². The molecule has 29 heavy (non-hydrogen) atoms. The van der Waals surface area contributed by atoms with Crippen LogP contribution in [-0.2, 0) is 16.7 Å². The molecule has 0 heterocycles. The predicted molar refractivity (Wildman–Crippen MR) is 114 cm³/mol. The molecule has 2 aromatic carbocycles. The minimum Gasteiger partial charge on any atom is -0.492 e. The van der Waals surface area contributed by atoms with Crippen molar-refractivity contribution in [3.05, 3.63) is 54.1 Å². The number of hydrogen-bond acceptors (Lipinski definition) is 5. The third-order valence-corrected chi connectivity index (χ3v) is 4.34. The second-order valence-corrected chi connectivity index (χ2v) is 8.64. The van der Waals surface area contributed by atoms with E-state index in [1.807, 2.05) is 39.0 Å². The van der Waals surface area contributed by atoms with Crippen molar-refractivity contribution >= 4 is 21.8 Å². The number of ether oxygens (including phenoxy) is 1. The summed E-state index contributed by atoms with van der Waals surface area (Å²) in [6.07, 6.45) is 0.996. The van der Waals surface area contributed by atoms with Crippen LogP contribution < -0.4 is 14.2 Å². The summed E-state index contributed by atoms with van der Waals surface area (Å²) in [4.78, 5) is 14.6. The lowest BCUT2D eigenvalue weighted by atomic mass is 10.1. The van der Waals surface area contributed by atoms with Crippen LogP contribution in [0.2, 0.25) is 0 Å². The summed E-state index contributed by atoms with van der Waals surface area (Å²) >= 11 is 0. The second-order valence-electron chi connectivity index (χ2n) is 7.07. The number of carbonyl (C=O) groups excluding carboxylic acids is 1. The molecule has 0 fully saturated rings. The van der Waals surface area contributed by atoms with Crippen molar-refractivity contribution < 1.29 is 22.1 Å². The topological polar surface area (TPSA) is 84.9 Å². The number of benzene rings is 2. The highest BCUT2D eigenvalue weighted by Crippen LogP contribution is 2.24. The first-order valence-electron chi connectivity index (χ1n) is 9.44. The van der Waals surface area contributed by atoms with Crippen molar-refractivity contribution in [1.82, 2.24) is 4.90 Å². The lowest BCUT2D eigenvalue weighted by Gasteiger charge is -2.25. The molecular weight excluding hydrogens is 392 g/mol. The molecule has 0 saturated heterocycles. The van der Waals surface area contributed by atoms with Gasteiger partial charge in [0, 0.05) is 13.1 Å². The van der Waals surface area contributed by atoms with Gasteiger partial charge in [-0.2, -0.15) is 8.42 Å². The fourth-order valence-electron chi connectivity index (χ4n) is 2.75. The van der Waals surface area contributed by atoms with Crippen molar-refractivity contribution in [2.24, 2.45) is 5.92 Å². The Labute approximate surface area is 172 Å².